The Morgan fingerprint density at radius 1 is 1.31 bits per heavy atom. The maximum Gasteiger partial charge on any atom is 0.344 e. The molecular weight excluding hydrogens is 462 g/mol. The molecule has 7 nitrogen and oxygen atoms in total. The number of aromatic nitrogens is 2. The minimum Gasteiger partial charge on any atom is -0.480 e. The van der Waals surface area contributed by atoms with Crippen LogP contribution in [0.3, 0.4) is 0 Å². The fourth-order valence-corrected chi connectivity index (χ4v) is 3.18. The van der Waals surface area contributed by atoms with E-state index in [4.69, 9.17) is 21.1 Å². The average Bonchev–Trinajstić information content (AvgIpc) is 2.68. The molecule has 9 heteroatoms. The van der Waals surface area contributed by atoms with Gasteiger partial charge >= 0.3 is 5.97 Å². The number of hydrogen-bond donors (Lipinski definition) is 0. The molecule has 3 rings (SSSR count). The van der Waals surface area contributed by atoms with E-state index in [1.54, 1.807) is 44.2 Å². The summed E-state index contributed by atoms with van der Waals surface area (Å²) in [7, 11) is 0. The fourth-order valence-electron chi connectivity index (χ4n) is 2.57. The van der Waals surface area contributed by atoms with Crippen LogP contribution in [0.15, 0.2) is 50.8 Å². The lowest BCUT2D eigenvalue weighted by Gasteiger charge is -2.08. The Bertz CT molecular complexity index is 1160. The molecule has 0 atom stereocenters. The van der Waals surface area contributed by atoms with Crippen molar-refractivity contribution in [2.75, 3.05) is 13.2 Å². The summed E-state index contributed by atoms with van der Waals surface area (Å²) in [5.41, 5.74) is 0.984. The summed E-state index contributed by atoms with van der Waals surface area (Å²) in [5.74, 6) is 0.337. The summed E-state index contributed by atoms with van der Waals surface area (Å²) in [4.78, 5) is 28.5. The highest BCUT2D eigenvalue weighted by atomic mass is 79.9. The zero-order valence-electron chi connectivity index (χ0n) is 15.7. The van der Waals surface area contributed by atoms with Crippen molar-refractivity contribution in [1.29, 1.82) is 0 Å². The van der Waals surface area contributed by atoms with Gasteiger partial charge in [0.2, 0.25) is 0 Å². The molecule has 0 spiro atoms. The van der Waals surface area contributed by atoms with Gasteiger partial charge in [-0.3, -0.25) is 4.79 Å². The second-order valence-corrected chi connectivity index (χ2v) is 7.29. The molecule has 0 aliphatic rings. The number of nitrogens with zero attached hydrogens (tertiary/aromatic N) is 3. The second kappa shape index (κ2) is 9.19. The number of carbonyl (C=O) groups excluding carboxylic acids is 1. The van der Waals surface area contributed by atoms with Gasteiger partial charge in [-0.25, -0.2) is 9.78 Å². The van der Waals surface area contributed by atoms with Crippen LogP contribution in [0.1, 0.15) is 18.3 Å². The molecular formula is C20H17BrClN3O4. The number of aryl methyl sites for hydroxylation is 1. The van der Waals surface area contributed by atoms with Crippen molar-refractivity contribution in [3.8, 4) is 5.75 Å². The Kier molecular flexibility index (Phi) is 6.66. The van der Waals surface area contributed by atoms with Crippen molar-refractivity contribution in [3.63, 3.8) is 0 Å². The average molecular weight is 479 g/mol. The summed E-state index contributed by atoms with van der Waals surface area (Å²) >= 11 is 9.57. The first-order chi connectivity index (χ1) is 13.9. The second-order valence-electron chi connectivity index (χ2n) is 5.97. The summed E-state index contributed by atoms with van der Waals surface area (Å²) in [6.45, 7) is 3.48. The van der Waals surface area contributed by atoms with E-state index in [0.717, 1.165) is 4.47 Å². The Morgan fingerprint density at radius 2 is 2.10 bits per heavy atom. The van der Waals surface area contributed by atoms with Crippen molar-refractivity contribution in [3.05, 3.63) is 67.6 Å². The van der Waals surface area contributed by atoms with Gasteiger partial charge in [0.25, 0.3) is 5.56 Å². The lowest BCUT2D eigenvalue weighted by Crippen LogP contribution is -2.20. The molecule has 0 aliphatic carbocycles. The SMILES string of the molecule is CCOC(=O)COc1ccc(C=Nn2c(C)nc3ccc(Br)cc3c2=O)cc1Cl. The Hall–Kier alpha value is -2.71. The van der Waals surface area contributed by atoms with Gasteiger partial charge in [0.05, 0.1) is 28.7 Å². The van der Waals surface area contributed by atoms with E-state index < -0.39 is 5.97 Å². The van der Waals surface area contributed by atoms with Gasteiger partial charge < -0.3 is 9.47 Å². The lowest BCUT2D eigenvalue weighted by molar-refractivity contribution is -0.145. The number of benzene rings is 2. The fraction of sp³-hybridized carbons (Fsp3) is 0.200. The monoisotopic (exact) mass is 477 g/mol. The van der Waals surface area contributed by atoms with Gasteiger partial charge in [0, 0.05) is 4.47 Å². The highest BCUT2D eigenvalue weighted by molar-refractivity contribution is 9.10. The maximum absolute atomic E-state index is 12.7. The Labute approximate surface area is 180 Å². The number of carbonyl (C=O) groups is 1. The topological polar surface area (TPSA) is 82.8 Å². The number of rotatable bonds is 6. The van der Waals surface area contributed by atoms with Crippen LogP contribution in [-0.4, -0.2) is 35.1 Å². The van der Waals surface area contributed by atoms with Crippen LogP contribution in [0.2, 0.25) is 5.02 Å². The van der Waals surface area contributed by atoms with Crippen LogP contribution in [0.5, 0.6) is 5.75 Å². The van der Waals surface area contributed by atoms with Gasteiger partial charge in [-0.1, -0.05) is 27.5 Å². The Balaban J connectivity index is 1.84. The van der Waals surface area contributed by atoms with Crippen molar-refractivity contribution >= 4 is 50.6 Å². The molecule has 0 unspecified atom stereocenters. The predicted molar refractivity (Wildman–Crippen MR) is 115 cm³/mol. The minimum atomic E-state index is -0.473. The number of fused-ring (bicyclic) bond motifs is 1. The van der Waals surface area contributed by atoms with Crippen molar-refractivity contribution < 1.29 is 14.3 Å². The lowest BCUT2D eigenvalue weighted by atomic mass is 10.2. The normalized spacial score (nSPS) is 11.2. The van der Waals surface area contributed by atoms with Crippen LogP contribution in [0.25, 0.3) is 10.9 Å². The maximum atomic E-state index is 12.7. The molecule has 0 saturated carbocycles. The first kappa shape index (κ1) is 21.0. The van der Waals surface area contributed by atoms with Crippen molar-refractivity contribution in [2.24, 2.45) is 5.10 Å². The quantitative estimate of drug-likeness (QED) is 0.396. The van der Waals surface area contributed by atoms with Gasteiger partial charge in [0.1, 0.15) is 11.6 Å². The van der Waals surface area contributed by atoms with Gasteiger partial charge in [-0.15, -0.1) is 0 Å². The van der Waals surface area contributed by atoms with Crippen LogP contribution >= 0.6 is 27.5 Å². The minimum absolute atomic E-state index is 0.228. The smallest absolute Gasteiger partial charge is 0.344 e. The van der Waals surface area contributed by atoms with Crippen molar-refractivity contribution in [2.45, 2.75) is 13.8 Å². The van der Waals surface area contributed by atoms with Gasteiger partial charge in [-0.05, 0) is 55.8 Å². The van der Waals surface area contributed by atoms with Gasteiger partial charge in [-0.2, -0.15) is 9.78 Å². The highest BCUT2D eigenvalue weighted by Crippen LogP contribution is 2.25. The number of halogens is 2. The van der Waals surface area contributed by atoms with E-state index in [2.05, 4.69) is 26.0 Å². The highest BCUT2D eigenvalue weighted by Gasteiger charge is 2.09. The molecule has 150 valence electrons. The van der Waals surface area contributed by atoms with Crippen LogP contribution in [0, 0.1) is 6.92 Å². The molecule has 0 amide bonds. The van der Waals surface area contributed by atoms with Crippen molar-refractivity contribution in [1.82, 2.24) is 9.66 Å². The van der Waals surface area contributed by atoms with Gasteiger partial charge in [0.15, 0.2) is 6.61 Å². The van der Waals surface area contributed by atoms with Crippen LogP contribution in [-0.2, 0) is 9.53 Å². The van der Waals surface area contributed by atoms with E-state index in [0.29, 0.717) is 33.1 Å². The van der Waals surface area contributed by atoms with E-state index >= 15 is 0 Å². The summed E-state index contributed by atoms with van der Waals surface area (Å²) in [6.07, 6.45) is 1.50. The molecule has 0 saturated heterocycles. The molecule has 0 bridgehead atoms. The molecule has 1 heterocycles. The predicted octanol–water partition coefficient (Wildman–Crippen LogP) is 3.94. The largest absolute Gasteiger partial charge is 0.480 e. The third-order valence-electron chi connectivity index (χ3n) is 3.90. The molecule has 2 aromatic carbocycles. The molecule has 0 radical (unpaired) electrons. The summed E-state index contributed by atoms with van der Waals surface area (Å²) in [5, 5.41) is 5.02. The summed E-state index contributed by atoms with van der Waals surface area (Å²) < 4.78 is 12.2. The number of hydrogen-bond acceptors (Lipinski definition) is 6. The molecule has 29 heavy (non-hydrogen) atoms. The molecule has 0 fully saturated rings. The molecule has 0 aliphatic heterocycles. The molecule has 0 N–H and O–H groups in total. The van der Waals surface area contributed by atoms with Crippen LogP contribution in [0.4, 0.5) is 0 Å². The first-order valence-electron chi connectivity index (χ1n) is 8.70. The van der Waals surface area contributed by atoms with Crippen LogP contribution < -0.4 is 10.3 Å². The number of esters is 1. The third-order valence-corrected chi connectivity index (χ3v) is 4.69. The van der Waals surface area contributed by atoms with E-state index in [9.17, 15) is 9.59 Å². The molecule has 3 aromatic rings. The zero-order chi connectivity index (χ0) is 21.0. The summed E-state index contributed by atoms with van der Waals surface area (Å²) in [6, 6.07) is 10.3. The zero-order valence-corrected chi connectivity index (χ0v) is 18.0. The van der Waals surface area contributed by atoms with E-state index in [1.165, 1.54) is 10.9 Å². The standard InChI is InChI=1S/C20H17BrClN3O4/c1-3-28-19(26)11-29-18-7-4-13(8-16(18)22)10-23-25-12(2)24-17-6-5-14(21)9-15(17)20(25)27/h4-10H,3,11H2,1-2H3. The van der Waals surface area contributed by atoms with E-state index in [1.807, 2.05) is 6.07 Å². The van der Waals surface area contributed by atoms with E-state index in [-0.39, 0.29) is 18.8 Å². The molecule has 1 aromatic heterocycles. The number of ether oxygens (including phenoxy) is 2. The first-order valence-corrected chi connectivity index (χ1v) is 9.87. The Morgan fingerprint density at radius 3 is 2.83 bits per heavy atom. The third kappa shape index (κ3) is 5.02.